The van der Waals surface area contributed by atoms with Gasteiger partial charge >= 0.3 is 5.97 Å². The topological polar surface area (TPSA) is 69.4 Å². The molecular formula is C24H19NO4. The summed E-state index contributed by atoms with van der Waals surface area (Å²) in [6.07, 6.45) is 1.71. The summed E-state index contributed by atoms with van der Waals surface area (Å²) in [5.74, 6) is 0.0166. The van der Waals surface area contributed by atoms with Crippen molar-refractivity contribution in [3.63, 3.8) is 0 Å². The van der Waals surface area contributed by atoms with E-state index in [4.69, 9.17) is 4.74 Å². The molecule has 5 heteroatoms. The second-order valence-electron chi connectivity index (χ2n) is 7.77. The Kier molecular flexibility index (Phi) is 3.98. The van der Waals surface area contributed by atoms with Crippen LogP contribution in [-0.2, 0) is 10.3 Å². The number of esters is 1. The van der Waals surface area contributed by atoms with Crippen molar-refractivity contribution in [1.82, 2.24) is 0 Å². The number of hydrogen-bond donors (Lipinski definition) is 0. The van der Waals surface area contributed by atoms with Crippen LogP contribution in [0.25, 0.3) is 0 Å². The molecule has 3 aromatic rings. The van der Waals surface area contributed by atoms with E-state index < -0.39 is 16.5 Å². The Morgan fingerprint density at radius 3 is 2.28 bits per heavy atom. The van der Waals surface area contributed by atoms with Crippen LogP contribution >= 0.6 is 0 Å². The van der Waals surface area contributed by atoms with E-state index in [0.717, 1.165) is 18.4 Å². The number of nitro groups is 1. The molecule has 5 rings (SSSR count). The molecule has 0 aromatic heterocycles. The van der Waals surface area contributed by atoms with Gasteiger partial charge in [-0.25, -0.2) is 4.79 Å². The van der Waals surface area contributed by atoms with E-state index in [9.17, 15) is 14.9 Å². The zero-order valence-corrected chi connectivity index (χ0v) is 15.7. The van der Waals surface area contributed by atoms with Crippen molar-refractivity contribution in [2.75, 3.05) is 0 Å². The molecule has 1 fully saturated rings. The summed E-state index contributed by atoms with van der Waals surface area (Å²) in [6.45, 7) is 0. The van der Waals surface area contributed by atoms with Gasteiger partial charge in [0, 0.05) is 18.1 Å². The molecule has 2 aliphatic rings. The molecule has 0 radical (unpaired) electrons. The SMILES string of the molecule is O=C(OC1(c2ccccc2)CC2CC1c1ccccc12)c1ccc([N+](=O)[O-])cc1. The molecule has 0 N–H and O–H groups in total. The van der Waals surface area contributed by atoms with Crippen LogP contribution < -0.4 is 0 Å². The second kappa shape index (κ2) is 6.55. The maximum absolute atomic E-state index is 13.1. The van der Waals surface area contributed by atoms with Crippen LogP contribution in [0.3, 0.4) is 0 Å². The first-order valence-electron chi connectivity index (χ1n) is 9.70. The average Bonchev–Trinajstić information content (AvgIpc) is 3.32. The van der Waals surface area contributed by atoms with E-state index in [2.05, 4.69) is 18.2 Å². The van der Waals surface area contributed by atoms with Gasteiger partial charge in [-0.2, -0.15) is 0 Å². The molecule has 2 bridgehead atoms. The minimum atomic E-state index is -0.723. The first kappa shape index (κ1) is 17.6. The summed E-state index contributed by atoms with van der Waals surface area (Å²) >= 11 is 0. The van der Waals surface area contributed by atoms with Crippen LogP contribution in [0.2, 0.25) is 0 Å². The maximum atomic E-state index is 13.1. The average molecular weight is 385 g/mol. The van der Waals surface area contributed by atoms with Crippen LogP contribution in [0.1, 0.15) is 51.7 Å². The summed E-state index contributed by atoms with van der Waals surface area (Å²) < 4.78 is 6.25. The summed E-state index contributed by atoms with van der Waals surface area (Å²) in [4.78, 5) is 23.5. The van der Waals surface area contributed by atoms with E-state index in [0.29, 0.717) is 11.5 Å². The predicted octanol–water partition coefficient (Wildman–Crippen LogP) is 5.32. The molecule has 0 amide bonds. The third kappa shape index (κ3) is 2.73. The smallest absolute Gasteiger partial charge is 0.339 e. The lowest BCUT2D eigenvalue weighted by Crippen LogP contribution is -2.37. The highest BCUT2D eigenvalue weighted by atomic mass is 16.6. The Balaban J connectivity index is 1.54. The second-order valence-corrected chi connectivity index (χ2v) is 7.77. The Morgan fingerprint density at radius 1 is 0.931 bits per heavy atom. The maximum Gasteiger partial charge on any atom is 0.339 e. The third-order valence-corrected chi connectivity index (χ3v) is 6.30. The van der Waals surface area contributed by atoms with Crippen molar-refractivity contribution in [2.24, 2.45) is 0 Å². The normalized spacial score (nSPS) is 24.1. The molecule has 144 valence electrons. The highest BCUT2D eigenvalue weighted by molar-refractivity contribution is 5.90. The number of fused-ring (bicyclic) bond motifs is 5. The first-order chi connectivity index (χ1) is 14.1. The fraction of sp³-hybridized carbons (Fsp3) is 0.208. The van der Waals surface area contributed by atoms with Crippen molar-refractivity contribution in [3.8, 4) is 0 Å². The third-order valence-electron chi connectivity index (χ3n) is 6.30. The molecule has 3 atom stereocenters. The number of nitrogens with zero attached hydrogens (tertiary/aromatic N) is 1. The van der Waals surface area contributed by atoms with Gasteiger partial charge in [0.25, 0.3) is 5.69 Å². The fourth-order valence-electron chi connectivity index (χ4n) is 5.04. The molecule has 1 saturated carbocycles. The lowest BCUT2D eigenvalue weighted by atomic mass is 9.75. The quantitative estimate of drug-likeness (QED) is 0.346. The number of non-ortho nitro benzene ring substituents is 1. The summed E-state index contributed by atoms with van der Waals surface area (Å²) in [7, 11) is 0. The largest absolute Gasteiger partial charge is 0.450 e. The highest BCUT2D eigenvalue weighted by Crippen LogP contribution is 2.63. The van der Waals surface area contributed by atoms with Crippen molar-refractivity contribution in [2.45, 2.75) is 30.3 Å². The van der Waals surface area contributed by atoms with Gasteiger partial charge in [-0.15, -0.1) is 0 Å². The summed E-state index contributed by atoms with van der Waals surface area (Å²) in [6, 6.07) is 23.9. The molecule has 2 aliphatic carbocycles. The number of ether oxygens (including phenoxy) is 1. The van der Waals surface area contributed by atoms with Crippen LogP contribution in [-0.4, -0.2) is 10.9 Å². The Hall–Kier alpha value is -3.47. The minimum Gasteiger partial charge on any atom is -0.450 e. The number of carbonyl (C=O) groups is 1. The Bertz CT molecular complexity index is 1090. The molecule has 3 unspecified atom stereocenters. The van der Waals surface area contributed by atoms with E-state index in [1.54, 1.807) is 0 Å². The first-order valence-corrected chi connectivity index (χ1v) is 9.70. The molecule has 5 nitrogen and oxygen atoms in total. The number of rotatable bonds is 4. The van der Waals surface area contributed by atoms with Crippen LogP contribution in [0.5, 0.6) is 0 Å². The molecule has 29 heavy (non-hydrogen) atoms. The zero-order valence-electron chi connectivity index (χ0n) is 15.7. The van der Waals surface area contributed by atoms with Gasteiger partial charge in [0.15, 0.2) is 0 Å². The van der Waals surface area contributed by atoms with Crippen LogP contribution in [0.15, 0.2) is 78.9 Å². The lowest BCUT2D eigenvalue weighted by Gasteiger charge is -2.38. The van der Waals surface area contributed by atoms with Gasteiger partial charge in [0.1, 0.15) is 5.60 Å². The highest BCUT2D eigenvalue weighted by Gasteiger charge is 2.57. The van der Waals surface area contributed by atoms with Gasteiger partial charge in [0.2, 0.25) is 0 Å². The van der Waals surface area contributed by atoms with E-state index >= 15 is 0 Å². The number of hydrogen-bond acceptors (Lipinski definition) is 4. The van der Waals surface area contributed by atoms with Gasteiger partial charge in [-0.3, -0.25) is 10.1 Å². The van der Waals surface area contributed by atoms with Crippen molar-refractivity contribution in [1.29, 1.82) is 0 Å². The van der Waals surface area contributed by atoms with Crippen molar-refractivity contribution in [3.05, 3.63) is 111 Å². The minimum absolute atomic E-state index is 0.0480. The van der Waals surface area contributed by atoms with Gasteiger partial charge < -0.3 is 4.74 Å². The summed E-state index contributed by atoms with van der Waals surface area (Å²) in [5, 5.41) is 10.9. The standard InChI is InChI=1S/C24H19NO4/c26-23(16-10-12-19(13-11-16)25(27)28)29-24(18-6-2-1-3-7-18)15-17-14-22(24)21-9-5-4-8-20(17)21/h1-13,17,22H,14-15H2. The van der Waals surface area contributed by atoms with Crippen LogP contribution in [0, 0.1) is 10.1 Å². The zero-order chi connectivity index (χ0) is 20.0. The molecular weight excluding hydrogens is 366 g/mol. The Labute approximate surface area is 168 Å². The number of nitro benzene ring substituents is 1. The molecule has 0 heterocycles. The molecule has 0 saturated heterocycles. The number of benzene rings is 3. The van der Waals surface area contributed by atoms with E-state index in [1.807, 2.05) is 36.4 Å². The predicted molar refractivity (Wildman–Crippen MR) is 108 cm³/mol. The van der Waals surface area contributed by atoms with E-state index in [-0.39, 0.29) is 11.6 Å². The monoisotopic (exact) mass is 385 g/mol. The fourth-order valence-corrected chi connectivity index (χ4v) is 5.04. The van der Waals surface area contributed by atoms with Crippen molar-refractivity contribution >= 4 is 11.7 Å². The van der Waals surface area contributed by atoms with Gasteiger partial charge in [0.05, 0.1) is 10.5 Å². The number of carbonyl (C=O) groups excluding carboxylic acids is 1. The van der Waals surface area contributed by atoms with Crippen molar-refractivity contribution < 1.29 is 14.5 Å². The molecule has 0 spiro atoms. The van der Waals surface area contributed by atoms with Gasteiger partial charge in [-0.05, 0) is 47.6 Å². The molecule has 3 aromatic carbocycles. The Morgan fingerprint density at radius 2 is 1.59 bits per heavy atom. The lowest BCUT2D eigenvalue weighted by molar-refractivity contribution is -0.384. The van der Waals surface area contributed by atoms with Gasteiger partial charge in [-0.1, -0.05) is 54.6 Å². The van der Waals surface area contributed by atoms with Crippen LogP contribution in [0.4, 0.5) is 5.69 Å². The van der Waals surface area contributed by atoms with E-state index in [1.165, 1.54) is 35.4 Å². The summed E-state index contributed by atoms with van der Waals surface area (Å²) in [5.41, 5.74) is 3.16. The molecule has 0 aliphatic heterocycles.